The molecule has 0 spiro atoms. The molecule has 20 heavy (non-hydrogen) atoms. The van der Waals surface area contributed by atoms with E-state index in [0.717, 1.165) is 35.7 Å². The van der Waals surface area contributed by atoms with Crippen molar-refractivity contribution < 1.29 is 0 Å². The number of nitrogens with one attached hydrogen (secondary N) is 1. The highest BCUT2D eigenvalue weighted by Crippen LogP contribution is 2.28. The number of nitrogens with zero attached hydrogens (tertiary/aromatic N) is 3. The molecule has 2 aliphatic rings. The topological polar surface area (TPSA) is 41.1 Å². The summed E-state index contributed by atoms with van der Waals surface area (Å²) in [6.07, 6.45) is 8.86. The lowest BCUT2D eigenvalue weighted by molar-refractivity contribution is 0.238. The highest BCUT2D eigenvalue weighted by molar-refractivity contribution is 5.39. The number of likely N-dealkylation sites (tertiary alicyclic amines) is 1. The zero-order chi connectivity index (χ0) is 13.9. The van der Waals surface area contributed by atoms with Crippen molar-refractivity contribution in [3.05, 3.63) is 17.6 Å². The van der Waals surface area contributed by atoms with Crippen LogP contribution in [0, 0.1) is 19.8 Å². The van der Waals surface area contributed by atoms with E-state index in [2.05, 4.69) is 20.2 Å². The van der Waals surface area contributed by atoms with Crippen LogP contribution in [0.4, 0.5) is 5.82 Å². The summed E-state index contributed by atoms with van der Waals surface area (Å²) in [5, 5.41) is 3.51. The van der Waals surface area contributed by atoms with E-state index in [1.165, 1.54) is 45.2 Å². The molecule has 0 aromatic carbocycles. The largest absolute Gasteiger partial charge is 0.368 e. The van der Waals surface area contributed by atoms with Gasteiger partial charge < -0.3 is 10.2 Å². The Labute approximate surface area is 122 Å². The predicted octanol–water partition coefficient (Wildman–Crippen LogP) is 2.77. The minimum atomic E-state index is 0.761. The molecule has 4 nitrogen and oxygen atoms in total. The fraction of sp³-hybridized carbons (Fsp3) is 0.750. The van der Waals surface area contributed by atoms with Crippen LogP contribution in [0.3, 0.4) is 0 Å². The minimum Gasteiger partial charge on any atom is -0.368 e. The predicted molar refractivity (Wildman–Crippen MR) is 81.9 cm³/mol. The molecular weight excluding hydrogens is 248 g/mol. The Morgan fingerprint density at radius 3 is 2.85 bits per heavy atom. The highest BCUT2D eigenvalue weighted by atomic mass is 15.2. The van der Waals surface area contributed by atoms with E-state index in [-0.39, 0.29) is 0 Å². The van der Waals surface area contributed by atoms with Gasteiger partial charge in [-0.2, -0.15) is 0 Å². The van der Waals surface area contributed by atoms with E-state index in [4.69, 9.17) is 0 Å². The Morgan fingerprint density at radius 2 is 2.05 bits per heavy atom. The normalized spacial score (nSPS) is 24.4. The smallest absolute Gasteiger partial charge is 0.147 e. The van der Waals surface area contributed by atoms with E-state index >= 15 is 0 Å². The van der Waals surface area contributed by atoms with Crippen molar-refractivity contribution in [1.82, 2.24) is 14.9 Å². The van der Waals surface area contributed by atoms with Crippen LogP contribution in [-0.4, -0.2) is 40.5 Å². The molecular formula is C16H26N4. The van der Waals surface area contributed by atoms with Gasteiger partial charge in [0, 0.05) is 25.3 Å². The average Bonchev–Trinajstić information content (AvgIpc) is 3.09. The molecule has 1 saturated heterocycles. The number of hydrogen-bond donors (Lipinski definition) is 1. The first-order valence-corrected chi connectivity index (χ1v) is 8.00. The summed E-state index contributed by atoms with van der Waals surface area (Å²) in [6.45, 7) is 7.59. The Morgan fingerprint density at radius 1 is 1.25 bits per heavy atom. The van der Waals surface area contributed by atoms with Crippen LogP contribution in [0.2, 0.25) is 0 Å². The van der Waals surface area contributed by atoms with Crippen LogP contribution in [0.5, 0.6) is 0 Å². The first-order chi connectivity index (χ1) is 9.72. The first-order valence-electron chi connectivity index (χ1n) is 8.00. The van der Waals surface area contributed by atoms with Gasteiger partial charge in [-0.1, -0.05) is 12.8 Å². The third-order valence-electron chi connectivity index (χ3n) is 4.79. The first kappa shape index (κ1) is 13.8. The lowest BCUT2D eigenvalue weighted by atomic mass is 10.1. The van der Waals surface area contributed by atoms with Gasteiger partial charge in [-0.25, -0.2) is 4.98 Å². The number of anilines is 1. The van der Waals surface area contributed by atoms with Crippen LogP contribution < -0.4 is 5.32 Å². The van der Waals surface area contributed by atoms with Crippen molar-refractivity contribution in [3.63, 3.8) is 0 Å². The number of aryl methyl sites for hydroxylation is 2. The van der Waals surface area contributed by atoms with Crippen LogP contribution in [0.1, 0.15) is 43.5 Å². The van der Waals surface area contributed by atoms with E-state index in [0.29, 0.717) is 0 Å². The number of rotatable bonds is 4. The summed E-state index contributed by atoms with van der Waals surface area (Å²) in [7, 11) is 0. The monoisotopic (exact) mass is 274 g/mol. The lowest BCUT2D eigenvalue weighted by Crippen LogP contribution is -2.31. The molecule has 0 radical (unpaired) electrons. The summed E-state index contributed by atoms with van der Waals surface area (Å²) < 4.78 is 0. The van der Waals surface area contributed by atoms with E-state index in [9.17, 15) is 0 Å². The Balaban J connectivity index is 1.50. The maximum atomic E-state index is 4.54. The Hall–Kier alpha value is -1.16. The molecule has 1 unspecified atom stereocenters. The second kappa shape index (κ2) is 6.08. The summed E-state index contributed by atoms with van der Waals surface area (Å²) in [6, 6.07) is 0.875. The third-order valence-corrected chi connectivity index (χ3v) is 4.79. The molecule has 1 aromatic heterocycles. The summed E-state index contributed by atoms with van der Waals surface area (Å²) >= 11 is 0. The zero-order valence-electron chi connectivity index (χ0n) is 12.7. The van der Waals surface area contributed by atoms with E-state index in [1.807, 2.05) is 20.0 Å². The van der Waals surface area contributed by atoms with Crippen molar-refractivity contribution in [2.24, 2.45) is 5.92 Å². The standard InChI is InChI=1S/C16H26N4/c1-12-9-17-13(2)16(19-12)18-10-14-7-8-20(11-14)15-5-3-4-6-15/h9,14-15H,3-8,10-11H2,1-2H3,(H,18,19). The van der Waals surface area contributed by atoms with E-state index in [1.54, 1.807) is 0 Å². The number of hydrogen-bond acceptors (Lipinski definition) is 4. The fourth-order valence-corrected chi connectivity index (χ4v) is 3.58. The van der Waals surface area contributed by atoms with Gasteiger partial charge in [0.25, 0.3) is 0 Å². The zero-order valence-corrected chi connectivity index (χ0v) is 12.7. The van der Waals surface area contributed by atoms with Crippen molar-refractivity contribution in [2.75, 3.05) is 25.0 Å². The average molecular weight is 274 g/mol. The van der Waals surface area contributed by atoms with Crippen LogP contribution in [-0.2, 0) is 0 Å². The van der Waals surface area contributed by atoms with Crippen molar-refractivity contribution in [1.29, 1.82) is 0 Å². The van der Waals surface area contributed by atoms with Gasteiger partial charge in [0.15, 0.2) is 0 Å². The van der Waals surface area contributed by atoms with Gasteiger partial charge in [-0.15, -0.1) is 0 Å². The maximum Gasteiger partial charge on any atom is 0.147 e. The van der Waals surface area contributed by atoms with Crippen molar-refractivity contribution >= 4 is 5.82 Å². The molecule has 3 rings (SSSR count). The SMILES string of the molecule is Cc1cnc(C)c(NCC2CCN(C3CCCC3)C2)n1. The summed E-state index contributed by atoms with van der Waals surface area (Å²) in [4.78, 5) is 11.6. The van der Waals surface area contributed by atoms with Gasteiger partial charge in [0.2, 0.25) is 0 Å². The lowest BCUT2D eigenvalue weighted by Gasteiger charge is -2.23. The van der Waals surface area contributed by atoms with Gasteiger partial charge in [-0.05, 0) is 45.6 Å². The molecule has 0 amide bonds. The molecule has 1 aromatic rings. The molecule has 2 heterocycles. The molecule has 1 N–H and O–H groups in total. The molecule has 2 fully saturated rings. The van der Waals surface area contributed by atoms with Gasteiger partial charge in [-0.3, -0.25) is 4.98 Å². The molecule has 1 saturated carbocycles. The maximum absolute atomic E-state index is 4.54. The highest BCUT2D eigenvalue weighted by Gasteiger charge is 2.29. The van der Waals surface area contributed by atoms with Gasteiger partial charge in [0.05, 0.1) is 11.4 Å². The van der Waals surface area contributed by atoms with Crippen molar-refractivity contribution in [3.8, 4) is 0 Å². The van der Waals surface area contributed by atoms with Gasteiger partial charge in [0.1, 0.15) is 5.82 Å². The minimum absolute atomic E-state index is 0.761. The molecule has 110 valence electrons. The summed E-state index contributed by atoms with van der Waals surface area (Å²) in [5.41, 5.74) is 1.98. The number of aromatic nitrogens is 2. The van der Waals surface area contributed by atoms with Crippen LogP contribution >= 0.6 is 0 Å². The van der Waals surface area contributed by atoms with Gasteiger partial charge >= 0.3 is 0 Å². The molecule has 1 atom stereocenters. The second-order valence-electron chi connectivity index (χ2n) is 6.41. The third kappa shape index (κ3) is 3.11. The second-order valence-corrected chi connectivity index (χ2v) is 6.41. The van der Waals surface area contributed by atoms with Crippen molar-refractivity contribution in [2.45, 2.75) is 52.0 Å². The quantitative estimate of drug-likeness (QED) is 0.916. The molecule has 4 heteroatoms. The molecule has 0 bridgehead atoms. The Bertz CT molecular complexity index is 454. The van der Waals surface area contributed by atoms with E-state index < -0.39 is 0 Å². The summed E-state index contributed by atoms with van der Waals surface area (Å²) in [5.74, 6) is 1.72. The molecule has 1 aliphatic carbocycles. The fourth-order valence-electron chi connectivity index (χ4n) is 3.58. The molecule has 1 aliphatic heterocycles. The van der Waals surface area contributed by atoms with Crippen LogP contribution in [0.25, 0.3) is 0 Å². The van der Waals surface area contributed by atoms with Crippen LogP contribution in [0.15, 0.2) is 6.20 Å². The Kier molecular flexibility index (Phi) is 4.20.